The molecule has 68 valence electrons. The van der Waals surface area contributed by atoms with E-state index < -0.39 is 0 Å². The lowest BCUT2D eigenvalue weighted by Crippen LogP contribution is -1.92. The van der Waals surface area contributed by atoms with Crippen molar-refractivity contribution in [3.05, 3.63) is 22.2 Å². The van der Waals surface area contributed by atoms with Gasteiger partial charge < -0.3 is 9.47 Å². The maximum Gasteiger partial charge on any atom is 0.152 e. The molecule has 2 nitrogen and oxygen atoms in total. The summed E-state index contributed by atoms with van der Waals surface area (Å²) < 4.78 is 11.0. The molecule has 0 saturated heterocycles. The number of benzene rings is 1. The molecule has 3 heteroatoms. The summed E-state index contributed by atoms with van der Waals surface area (Å²) in [6.45, 7) is 0. The van der Waals surface area contributed by atoms with E-state index >= 15 is 0 Å². The highest BCUT2D eigenvalue weighted by Crippen LogP contribution is 2.36. The molecule has 0 aliphatic heterocycles. The summed E-state index contributed by atoms with van der Waals surface area (Å²) >= 11 is 3.35. The molecule has 1 rings (SSSR count). The predicted octanol–water partition coefficient (Wildman–Crippen LogP) is 2.45. The molecule has 0 fully saturated rings. The van der Waals surface area contributed by atoms with Crippen LogP contribution in [-0.2, 0) is 0 Å². The summed E-state index contributed by atoms with van der Waals surface area (Å²) in [5.41, 5.74) is 0.704. The molecule has 0 heterocycles. The van der Waals surface area contributed by atoms with Crippen LogP contribution in [-0.4, -0.2) is 14.2 Å². The highest BCUT2D eigenvalue weighted by atomic mass is 79.9. The molecule has 0 radical (unpaired) electrons. The molecule has 0 amide bonds. The first-order valence-corrected chi connectivity index (χ1v) is 4.41. The van der Waals surface area contributed by atoms with Gasteiger partial charge in [0.15, 0.2) is 5.75 Å². The zero-order chi connectivity index (χ0) is 9.84. The van der Waals surface area contributed by atoms with Crippen LogP contribution in [0.15, 0.2) is 16.6 Å². The van der Waals surface area contributed by atoms with E-state index in [-0.39, 0.29) is 0 Å². The second kappa shape index (κ2) is 4.20. The van der Waals surface area contributed by atoms with Crippen LogP contribution in [0.5, 0.6) is 11.5 Å². The van der Waals surface area contributed by atoms with Gasteiger partial charge in [-0.25, -0.2) is 0 Å². The summed E-state index contributed by atoms with van der Waals surface area (Å²) in [5.74, 6) is 3.86. The SMILES string of the molecule is C#Cc1ccc(OC)c(Br)c1OC. The summed E-state index contributed by atoms with van der Waals surface area (Å²) in [7, 11) is 3.16. The predicted molar refractivity (Wildman–Crippen MR) is 55.2 cm³/mol. The van der Waals surface area contributed by atoms with E-state index in [0.29, 0.717) is 17.1 Å². The second-order valence-electron chi connectivity index (χ2n) is 2.31. The number of terminal acetylenes is 1. The van der Waals surface area contributed by atoms with Gasteiger partial charge in [0, 0.05) is 0 Å². The van der Waals surface area contributed by atoms with Crippen molar-refractivity contribution in [3.63, 3.8) is 0 Å². The summed E-state index contributed by atoms with van der Waals surface area (Å²) in [6, 6.07) is 3.57. The molecule has 0 unspecified atom stereocenters. The molecule has 0 aliphatic carbocycles. The van der Waals surface area contributed by atoms with E-state index in [9.17, 15) is 0 Å². The lowest BCUT2D eigenvalue weighted by Gasteiger charge is -2.09. The largest absolute Gasteiger partial charge is 0.495 e. The minimum Gasteiger partial charge on any atom is -0.495 e. The van der Waals surface area contributed by atoms with Gasteiger partial charge in [-0.1, -0.05) is 5.92 Å². The van der Waals surface area contributed by atoms with Gasteiger partial charge in [0.25, 0.3) is 0 Å². The van der Waals surface area contributed by atoms with Crippen molar-refractivity contribution in [3.8, 4) is 23.8 Å². The number of rotatable bonds is 2. The fraction of sp³-hybridized carbons (Fsp3) is 0.200. The van der Waals surface area contributed by atoms with Crippen LogP contribution in [0.3, 0.4) is 0 Å². The minimum absolute atomic E-state index is 0.627. The third kappa shape index (κ3) is 1.78. The van der Waals surface area contributed by atoms with E-state index in [1.165, 1.54) is 0 Å². The molecule has 0 bridgehead atoms. The van der Waals surface area contributed by atoms with Crippen LogP contribution in [0.1, 0.15) is 5.56 Å². The first-order valence-electron chi connectivity index (χ1n) is 3.61. The first kappa shape index (κ1) is 9.94. The molecule has 0 aliphatic rings. The van der Waals surface area contributed by atoms with Gasteiger partial charge in [-0.3, -0.25) is 0 Å². The Morgan fingerprint density at radius 2 is 2.00 bits per heavy atom. The fourth-order valence-electron chi connectivity index (χ4n) is 1.01. The van der Waals surface area contributed by atoms with Gasteiger partial charge in [0.1, 0.15) is 10.2 Å². The summed E-state index contributed by atoms with van der Waals surface area (Å²) in [6.07, 6.45) is 5.29. The van der Waals surface area contributed by atoms with Gasteiger partial charge >= 0.3 is 0 Å². The van der Waals surface area contributed by atoms with Gasteiger partial charge in [-0.2, -0.15) is 0 Å². The van der Waals surface area contributed by atoms with E-state index in [2.05, 4.69) is 21.9 Å². The van der Waals surface area contributed by atoms with Crippen LogP contribution >= 0.6 is 15.9 Å². The number of ether oxygens (including phenoxy) is 2. The molecule has 0 atom stereocenters. The van der Waals surface area contributed by atoms with E-state index in [1.54, 1.807) is 26.4 Å². The quantitative estimate of drug-likeness (QED) is 0.740. The number of hydrogen-bond donors (Lipinski definition) is 0. The third-order valence-electron chi connectivity index (χ3n) is 1.64. The standard InChI is InChI=1S/C10H9BrO2/c1-4-7-5-6-8(12-2)9(11)10(7)13-3/h1,5-6H,2-3H3. The van der Waals surface area contributed by atoms with Crippen molar-refractivity contribution < 1.29 is 9.47 Å². The third-order valence-corrected chi connectivity index (χ3v) is 2.39. The maximum absolute atomic E-state index is 5.29. The normalized spacial score (nSPS) is 9.08. The highest BCUT2D eigenvalue weighted by molar-refractivity contribution is 9.10. The van der Waals surface area contributed by atoms with Gasteiger partial charge in [-0.15, -0.1) is 6.42 Å². The zero-order valence-electron chi connectivity index (χ0n) is 7.43. The maximum atomic E-state index is 5.29. The molecule has 0 saturated carbocycles. The Bertz CT molecular complexity index is 353. The van der Waals surface area contributed by atoms with Gasteiger partial charge in [0.2, 0.25) is 0 Å². The topological polar surface area (TPSA) is 18.5 Å². The molecule has 0 N–H and O–H groups in total. The molecule has 1 aromatic rings. The summed E-state index contributed by atoms with van der Waals surface area (Å²) in [4.78, 5) is 0. The van der Waals surface area contributed by atoms with Crippen molar-refractivity contribution in [1.82, 2.24) is 0 Å². The Kier molecular flexibility index (Phi) is 3.21. The Morgan fingerprint density at radius 3 is 2.46 bits per heavy atom. The minimum atomic E-state index is 0.627. The smallest absolute Gasteiger partial charge is 0.152 e. The van der Waals surface area contributed by atoms with Crippen LogP contribution in [0.2, 0.25) is 0 Å². The van der Waals surface area contributed by atoms with Crippen molar-refractivity contribution in [2.24, 2.45) is 0 Å². The number of hydrogen-bond acceptors (Lipinski definition) is 2. The fourth-order valence-corrected chi connectivity index (χ4v) is 1.68. The van der Waals surface area contributed by atoms with Crippen LogP contribution in [0.4, 0.5) is 0 Å². The van der Waals surface area contributed by atoms with E-state index in [4.69, 9.17) is 15.9 Å². The molecule has 0 spiro atoms. The number of methoxy groups -OCH3 is 2. The zero-order valence-corrected chi connectivity index (χ0v) is 9.01. The molecular formula is C10H9BrO2. The van der Waals surface area contributed by atoms with Crippen molar-refractivity contribution in [1.29, 1.82) is 0 Å². The average Bonchev–Trinajstić information content (AvgIpc) is 2.17. The Balaban J connectivity index is 3.34. The molecular weight excluding hydrogens is 232 g/mol. The molecule has 1 aromatic carbocycles. The highest BCUT2D eigenvalue weighted by Gasteiger charge is 2.10. The molecule has 0 aromatic heterocycles. The lowest BCUT2D eigenvalue weighted by molar-refractivity contribution is 0.389. The van der Waals surface area contributed by atoms with Gasteiger partial charge in [0.05, 0.1) is 19.8 Å². The van der Waals surface area contributed by atoms with Crippen LogP contribution in [0.25, 0.3) is 0 Å². The molecule has 13 heavy (non-hydrogen) atoms. The van der Waals surface area contributed by atoms with E-state index in [0.717, 1.165) is 4.47 Å². The lowest BCUT2D eigenvalue weighted by atomic mass is 10.2. The first-order chi connectivity index (χ1) is 6.24. The van der Waals surface area contributed by atoms with Crippen LogP contribution in [0, 0.1) is 12.3 Å². The monoisotopic (exact) mass is 240 g/mol. The van der Waals surface area contributed by atoms with Crippen molar-refractivity contribution in [2.45, 2.75) is 0 Å². The Morgan fingerprint density at radius 1 is 1.31 bits per heavy atom. The second-order valence-corrected chi connectivity index (χ2v) is 3.10. The van der Waals surface area contributed by atoms with Gasteiger partial charge in [-0.05, 0) is 28.1 Å². The van der Waals surface area contributed by atoms with Crippen molar-refractivity contribution in [2.75, 3.05) is 14.2 Å². The van der Waals surface area contributed by atoms with E-state index in [1.807, 2.05) is 0 Å². The van der Waals surface area contributed by atoms with Crippen molar-refractivity contribution >= 4 is 15.9 Å². The number of halogens is 1. The Labute approximate surface area is 86.0 Å². The average molecular weight is 241 g/mol. The van der Waals surface area contributed by atoms with Crippen LogP contribution < -0.4 is 9.47 Å². The Hall–Kier alpha value is -1.14. The summed E-state index contributed by atoms with van der Waals surface area (Å²) in [5, 5.41) is 0.